The summed E-state index contributed by atoms with van der Waals surface area (Å²) in [6.45, 7) is -0.891. The molecule has 0 atom stereocenters. The molecule has 1 aliphatic rings. The molecule has 0 aromatic heterocycles. The predicted octanol–water partition coefficient (Wildman–Crippen LogP) is -0.297. The molecule has 1 aromatic carbocycles. The van der Waals surface area contributed by atoms with Gasteiger partial charge in [0.2, 0.25) is 0 Å². The number of hydrogen-bond donors (Lipinski definition) is 0. The Morgan fingerprint density at radius 3 is 2.26 bits per heavy atom. The second-order valence-corrected chi connectivity index (χ2v) is 4.53. The first-order valence-corrected chi connectivity index (χ1v) is 5.66. The van der Waals surface area contributed by atoms with Crippen LogP contribution in [0.1, 0.15) is 20.7 Å². The van der Waals surface area contributed by atoms with E-state index in [0.29, 0.717) is 4.90 Å². The van der Waals surface area contributed by atoms with Crippen LogP contribution in [0.15, 0.2) is 16.6 Å². The van der Waals surface area contributed by atoms with Gasteiger partial charge >= 0.3 is 0 Å². The van der Waals surface area contributed by atoms with Gasteiger partial charge < -0.3 is 9.90 Å². The van der Waals surface area contributed by atoms with Crippen LogP contribution in [0.5, 0.6) is 0 Å². The van der Waals surface area contributed by atoms with Crippen LogP contribution in [0.4, 0.5) is 5.69 Å². The van der Waals surface area contributed by atoms with Gasteiger partial charge in [-0.25, -0.2) is 0 Å². The molecule has 0 N–H and O–H groups in total. The highest BCUT2D eigenvalue weighted by Crippen LogP contribution is 2.33. The summed E-state index contributed by atoms with van der Waals surface area (Å²) < 4.78 is 0.0349. The maximum Gasteiger partial charge on any atom is 0.284 e. The molecule has 2 rings (SSSR count). The summed E-state index contributed by atoms with van der Waals surface area (Å²) in [7, 11) is 0. The van der Waals surface area contributed by atoms with E-state index in [1.165, 1.54) is 0 Å². The van der Waals surface area contributed by atoms with Crippen LogP contribution in [0, 0.1) is 10.1 Å². The Labute approximate surface area is 113 Å². The number of nitro groups is 1. The minimum absolute atomic E-state index is 0.0349. The number of hydrogen-bond acceptors (Lipinski definition) is 6. The molecule has 0 bridgehead atoms. The van der Waals surface area contributed by atoms with Crippen LogP contribution >= 0.6 is 15.9 Å². The van der Waals surface area contributed by atoms with Gasteiger partial charge in [-0.3, -0.25) is 24.6 Å². The van der Waals surface area contributed by atoms with E-state index in [2.05, 4.69) is 15.9 Å². The van der Waals surface area contributed by atoms with Crippen molar-refractivity contribution in [3.8, 4) is 0 Å². The molecule has 0 unspecified atom stereocenters. The molecule has 0 saturated heterocycles. The average Bonchev–Trinajstić information content (AvgIpc) is 2.52. The quantitative estimate of drug-likeness (QED) is 0.427. The fraction of sp³-hybridized carbons (Fsp3) is 0.100. The van der Waals surface area contributed by atoms with Crippen molar-refractivity contribution in [1.29, 1.82) is 0 Å². The highest BCUT2D eigenvalue weighted by molar-refractivity contribution is 9.10. The van der Waals surface area contributed by atoms with Crippen molar-refractivity contribution in [1.82, 2.24) is 4.90 Å². The third kappa shape index (κ3) is 2.08. The van der Waals surface area contributed by atoms with E-state index in [-0.39, 0.29) is 21.3 Å². The van der Waals surface area contributed by atoms with Crippen molar-refractivity contribution < 1.29 is 24.4 Å². The molecule has 0 aliphatic carbocycles. The fourth-order valence-corrected chi connectivity index (χ4v) is 2.20. The minimum Gasteiger partial charge on any atom is -0.548 e. The SMILES string of the molecule is O=C([O-])CN1C(=O)c2cc(Br)c([N+](=O)[O-])cc2C1=O. The van der Waals surface area contributed by atoms with E-state index in [1.807, 2.05) is 0 Å². The van der Waals surface area contributed by atoms with E-state index in [9.17, 15) is 29.6 Å². The summed E-state index contributed by atoms with van der Waals surface area (Å²) >= 11 is 2.92. The maximum absolute atomic E-state index is 11.8. The Hall–Kier alpha value is -2.29. The van der Waals surface area contributed by atoms with Gasteiger partial charge in [0.1, 0.15) is 0 Å². The molecule has 0 fully saturated rings. The van der Waals surface area contributed by atoms with Crippen LogP contribution in [-0.2, 0) is 4.79 Å². The number of nitro benzene ring substituents is 1. The molecule has 0 spiro atoms. The lowest BCUT2D eigenvalue weighted by Gasteiger charge is -2.13. The number of carboxylic acids is 1. The Kier molecular flexibility index (Phi) is 3.06. The molecule has 0 saturated carbocycles. The normalized spacial score (nSPS) is 13.6. The molecule has 0 radical (unpaired) electrons. The molecule has 2 amide bonds. The van der Waals surface area contributed by atoms with E-state index in [4.69, 9.17) is 0 Å². The number of aliphatic carboxylic acids is 1. The van der Waals surface area contributed by atoms with E-state index < -0.39 is 29.3 Å². The number of fused-ring (bicyclic) bond motifs is 1. The largest absolute Gasteiger partial charge is 0.548 e. The molecular formula is C10H4BrN2O6-. The standard InChI is InChI=1S/C10H5BrN2O6/c11-6-1-4-5(2-7(6)13(18)19)10(17)12(9(4)16)3-8(14)15/h1-2H,3H2,(H,14,15)/p-1. The second-order valence-electron chi connectivity index (χ2n) is 3.67. The van der Waals surface area contributed by atoms with Crippen molar-refractivity contribution in [3.05, 3.63) is 37.8 Å². The number of benzene rings is 1. The number of nitrogens with zero attached hydrogens (tertiary/aromatic N) is 2. The van der Waals surface area contributed by atoms with Gasteiger partial charge in [-0.2, -0.15) is 0 Å². The van der Waals surface area contributed by atoms with Gasteiger partial charge in [0.05, 0.1) is 33.0 Å². The molecule has 1 heterocycles. The molecule has 9 heteroatoms. The van der Waals surface area contributed by atoms with Gasteiger partial charge in [0.15, 0.2) is 0 Å². The molecule has 8 nitrogen and oxygen atoms in total. The van der Waals surface area contributed by atoms with Crippen LogP contribution in [0.25, 0.3) is 0 Å². The number of rotatable bonds is 3. The predicted molar refractivity (Wildman–Crippen MR) is 61.2 cm³/mol. The summed E-state index contributed by atoms with van der Waals surface area (Å²) in [5.74, 6) is -3.30. The van der Waals surface area contributed by atoms with Gasteiger partial charge in [-0.15, -0.1) is 0 Å². The van der Waals surface area contributed by atoms with Crippen LogP contribution in [-0.4, -0.2) is 34.2 Å². The van der Waals surface area contributed by atoms with Crippen LogP contribution in [0.3, 0.4) is 0 Å². The van der Waals surface area contributed by atoms with E-state index in [0.717, 1.165) is 12.1 Å². The summed E-state index contributed by atoms with van der Waals surface area (Å²) in [5.41, 5.74) is -0.653. The Morgan fingerprint density at radius 2 is 1.79 bits per heavy atom. The maximum atomic E-state index is 11.8. The molecular weight excluding hydrogens is 324 g/mol. The first-order chi connectivity index (χ1) is 8.82. The average molecular weight is 328 g/mol. The number of amides is 2. The van der Waals surface area contributed by atoms with Crippen LogP contribution in [0.2, 0.25) is 0 Å². The zero-order chi connectivity index (χ0) is 14.3. The smallest absolute Gasteiger partial charge is 0.284 e. The topological polar surface area (TPSA) is 121 Å². The lowest BCUT2D eigenvalue weighted by atomic mass is 10.1. The zero-order valence-electron chi connectivity index (χ0n) is 9.08. The van der Waals surface area contributed by atoms with Crippen molar-refractivity contribution in [2.45, 2.75) is 0 Å². The first-order valence-electron chi connectivity index (χ1n) is 4.87. The molecule has 1 aliphatic heterocycles. The summed E-state index contributed by atoms with van der Waals surface area (Å²) in [6.07, 6.45) is 0. The summed E-state index contributed by atoms with van der Waals surface area (Å²) in [5, 5.41) is 21.2. The Bertz CT molecular complexity index is 641. The number of halogens is 1. The minimum atomic E-state index is -1.59. The van der Waals surface area contributed by atoms with Crippen LogP contribution < -0.4 is 5.11 Å². The molecule has 98 valence electrons. The van der Waals surface area contributed by atoms with E-state index >= 15 is 0 Å². The molecule has 1 aromatic rings. The number of carbonyl (C=O) groups is 3. The highest BCUT2D eigenvalue weighted by atomic mass is 79.9. The van der Waals surface area contributed by atoms with Gasteiger partial charge in [0, 0.05) is 6.07 Å². The number of imide groups is 1. The highest BCUT2D eigenvalue weighted by Gasteiger charge is 2.37. The van der Waals surface area contributed by atoms with Crippen molar-refractivity contribution in [3.63, 3.8) is 0 Å². The number of carbonyl (C=O) groups excluding carboxylic acids is 3. The van der Waals surface area contributed by atoms with Gasteiger partial charge in [-0.05, 0) is 22.0 Å². The fourth-order valence-electron chi connectivity index (χ4n) is 1.71. The third-order valence-corrected chi connectivity index (χ3v) is 3.16. The van der Waals surface area contributed by atoms with E-state index in [1.54, 1.807) is 0 Å². The Balaban J connectivity index is 2.54. The Morgan fingerprint density at radius 1 is 1.26 bits per heavy atom. The van der Waals surface area contributed by atoms with Gasteiger partial charge in [0.25, 0.3) is 17.5 Å². The van der Waals surface area contributed by atoms with Crippen molar-refractivity contribution in [2.24, 2.45) is 0 Å². The van der Waals surface area contributed by atoms with Crippen molar-refractivity contribution in [2.75, 3.05) is 6.54 Å². The second kappa shape index (κ2) is 4.43. The molecule has 19 heavy (non-hydrogen) atoms. The van der Waals surface area contributed by atoms with Crippen molar-refractivity contribution >= 4 is 39.4 Å². The summed E-state index contributed by atoms with van der Waals surface area (Å²) in [6, 6.07) is 2.07. The first kappa shape index (κ1) is 13.1. The number of carboxylic acid groups (broad SMARTS) is 1. The summed E-state index contributed by atoms with van der Waals surface area (Å²) in [4.78, 5) is 44.5. The lowest BCUT2D eigenvalue weighted by molar-refractivity contribution is -0.385. The third-order valence-electron chi connectivity index (χ3n) is 2.52. The zero-order valence-corrected chi connectivity index (χ0v) is 10.7. The van der Waals surface area contributed by atoms with Gasteiger partial charge in [-0.1, -0.05) is 0 Å². The lowest BCUT2D eigenvalue weighted by Crippen LogP contribution is -2.41. The monoisotopic (exact) mass is 327 g/mol.